The van der Waals surface area contributed by atoms with Gasteiger partial charge >= 0.3 is 6.18 Å². The second kappa shape index (κ2) is 8.04. The fourth-order valence-corrected chi connectivity index (χ4v) is 3.34. The number of aliphatic hydroxyl groups is 1. The molecule has 1 aliphatic rings. The predicted octanol–water partition coefficient (Wildman–Crippen LogP) is 3.03. The van der Waals surface area contributed by atoms with Gasteiger partial charge in [-0.05, 0) is 37.5 Å². The van der Waals surface area contributed by atoms with Gasteiger partial charge in [0.2, 0.25) is 0 Å². The van der Waals surface area contributed by atoms with E-state index in [0.717, 1.165) is 4.68 Å². The van der Waals surface area contributed by atoms with Crippen LogP contribution in [0.5, 0.6) is 5.75 Å². The number of hydrogen-bond donors (Lipinski definition) is 2. The molecule has 1 aromatic heterocycles. The first-order valence-corrected chi connectivity index (χ1v) is 8.91. The van der Waals surface area contributed by atoms with Gasteiger partial charge in [0.25, 0.3) is 0 Å². The Kier molecular flexibility index (Phi) is 5.92. The van der Waals surface area contributed by atoms with Crippen LogP contribution < -0.4 is 10.5 Å². The summed E-state index contributed by atoms with van der Waals surface area (Å²) >= 11 is 5.88. The van der Waals surface area contributed by atoms with Gasteiger partial charge in [-0.15, -0.1) is 0 Å². The van der Waals surface area contributed by atoms with Gasteiger partial charge in [-0.1, -0.05) is 17.7 Å². The van der Waals surface area contributed by atoms with E-state index >= 15 is 0 Å². The molecule has 1 heterocycles. The molecule has 3 rings (SSSR count). The minimum atomic E-state index is -4.43. The number of benzene rings is 1. The van der Waals surface area contributed by atoms with Gasteiger partial charge < -0.3 is 15.6 Å². The standard InChI is InChI=1S/C17H20ClF3N4O2/c18-11-2-1-3-12(7-11)27-8-15-23-16(25(24-15)9-17(19,20)21)10-4-5-13(22)14(26)6-10/h1-3,7,10,13-14,26H,4-6,8-9,22H2/t10-,13+,14+/m0/s1. The Labute approximate surface area is 159 Å². The smallest absolute Gasteiger partial charge is 0.408 e. The quantitative estimate of drug-likeness (QED) is 0.800. The van der Waals surface area contributed by atoms with Crippen LogP contribution in [0.1, 0.15) is 36.8 Å². The van der Waals surface area contributed by atoms with E-state index in [0.29, 0.717) is 23.6 Å². The van der Waals surface area contributed by atoms with Crippen molar-refractivity contribution in [2.75, 3.05) is 0 Å². The van der Waals surface area contributed by atoms with Crippen LogP contribution in [-0.2, 0) is 13.2 Å². The Morgan fingerprint density at radius 1 is 1.33 bits per heavy atom. The van der Waals surface area contributed by atoms with Crippen molar-refractivity contribution >= 4 is 11.6 Å². The molecule has 1 aromatic carbocycles. The third-order valence-electron chi connectivity index (χ3n) is 4.47. The molecule has 0 aliphatic heterocycles. The summed E-state index contributed by atoms with van der Waals surface area (Å²) in [6.07, 6.45) is -3.89. The number of hydrogen-bond acceptors (Lipinski definition) is 5. The van der Waals surface area contributed by atoms with E-state index in [1.807, 2.05) is 0 Å². The molecule has 1 saturated carbocycles. The first kappa shape index (κ1) is 19.9. The summed E-state index contributed by atoms with van der Waals surface area (Å²) in [5.74, 6) is 0.464. The van der Waals surface area contributed by atoms with E-state index in [-0.39, 0.29) is 36.6 Å². The molecular formula is C17H20ClF3N4O2. The molecule has 0 spiro atoms. The van der Waals surface area contributed by atoms with Crippen molar-refractivity contribution in [3.05, 3.63) is 40.9 Å². The summed E-state index contributed by atoms with van der Waals surface area (Å²) in [6.45, 7) is -1.34. The van der Waals surface area contributed by atoms with Gasteiger partial charge in [0.05, 0.1) is 6.10 Å². The molecule has 0 amide bonds. The monoisotopic (exact) mass is 404 g/mol. The van der Waals surface area contributed by atoms with Crippen LogP contribution in [0.15, 0.2) is 24.3 Å². The maximum absolute atomic E-state index is 12.9. The van der Waals surface area contributed by atoms with Crippen molar-refractivity contribution in [1.82, 2.24) is 14.8 Å². The predicted molar refractivity (Wildman–Crippen MR) is 92.4 cm³/mol. The molecule has 6 nitrogen and oxygen atoms in total. The molecule has 148 valence electrons. The minimum Gasteiger partial charge on any atom is -0.485 e. The van der Waals surface area contributed by atoms with Crippen molar-refractivity contribution < 1.29 is 23.0 Å². The average Bonchev–Trinajstić information content (AvgIpc) is 2.96. The first-order valence-electron chi connectivity index (χ1n) is 8.53. The number of alkyl halides is 3. The van der Waals surface area contributed by atoms with E-state index < -0.39 is 18.8 Å². The lowest BCUT2D eigenvalue weighted by molar-refractivity contribution is -0.143. The lowest BCUT2D eigenvalue weighted by Crippen LogP contribution is -2.40. The molecule has 1 aliphatic carbocycles. The van der Waals surface area contributed by atoms with Crippen molar-refractivity contribution in [2.24, 2.45) is 5.73 Å². The zero-order valence-corrected chi connectivity index (χ0v) is 15.1. The molecule has 27 heavy (non-hydrogen) atoms. The third kappa shape index (κ3) is 5.33. The number of nitrogens with zero attached hydrogens (tertiary/aromatic N) is 3. The second-order valence-electron chi connectivity index (χ2n) is 6.65. The fraction of sp³-hybridized carbons (Fsp3) is 0.529. The van der Waals surface area contributed by atoms with Crippen LogP contribution in [0.2, 0.25) is 5.02 Å². The largest absolute Gasteiger partial charge is 0.485 e. The lowest BCUT2D eigenvalue weighted by atomic mass is 9.84. The summed E-state index contributed by atoms with van der Waals surface area (Å²) in [7, 11) is 0. The Bertz CT molecular complexity index is 784. The van der Waals surface area contributed by atoms with Gasteiger partial charge in [0, 0.05) is 17.0 Å². The van der Waals surface area contributed by atoms with Crippen LogP contribution in [0.25, 0.3) is 0 Å². The fourth-order valence-electron chi connectivity index (χ4n) is 3.16. The molecule has 0 radical (unpaired) electrons. The highest BCUT2D eigenvalue weighted by Gasteiger charge is 2.35. The minimum absolute atomic E-state index is 0.0903. The van der Waals surface area contributed by atoms with Crippen LogP contribution in [0.3, 0.4) is 0 Å². The third-order valence-corrected chi connectivity index (χ3v) is 4.71. The Morgan fingerprint density at radius 2 is 2.11 bits per heavy atom. The van der Waals surface area contributed by atoms with Crippen molar-refractivity contribution in [1.29, 1.82) is 0 Å². The molecule has 0 bridgehead atoms. The van der Waals surface area contributed by atoms with Crippen LogP contribution in [0.4, 0.5) is 13.2 Å². The van der Waals surface area contributed by atoms with E-state index in [2.05, 4.69) is 10.1 Å². The normalized spacial score (nSPS) is 23.4. The maximum atomic E-state index is 12.9. The number of rotatable bonds is 5. The number of nitrogens with two attached hydrogens (primary N) is 1. The summed E-state index contributed by atoms with van der Waals surface area (Å²) in [5, 5.41) is 14.4. The summed E-state index contributed by atoms with van der Waals surface area (Å²) in [6, 6.07) is 6.28. The molecule has 2 aromatic rings. The molecule has 0 unspecified atom stereocenters. The average molecular weight is 405 g/mol. The summed E-state index contributed by atoms with van der Waals surface area (Å²) in [4.78, 5) is 4.26. The molecule has 3 N–H and O–H groups in total. The Morgan fingerprint density at radius 3 is 2.78 bits per heavy atom. The first-order chi connectivity index (χ1) is 12.7. The van der Waals surface area contributed by atoms with Gasteiger partial charge in [0.1, 0.15) is 24.7 Å². The molecule has 3 atom stereocenters. The van der Waals surface area contributed by atoms with Gasteiger partial charge in [-0.25, -0.2) is 9.67 Å². The van der Waals surface area contributed by atoms with E-state index in [9.17, 15) is 18.3 Å². The van der Waals surface area contributed by atoms with Gasteiger partial charge in [0.15, 0.2) is 5.82 Å². The zero-order valence-electron chi connectivity index (χ0n) is 14.4. The van der Waals surface area contributed by atoms with Gasteiger partial charge in [-0.3, -0.25) is 0 Å². The van der Waals surface area contributed by atoms with E-state index in [4.69, 9.17) is 22.1 Å². The second-order valence-corrected chi connectivity index (χ2v) is 7.08. The number of aromatic nitrogens is 3. The number of halogens is 4. The lowest BCUT2D eigenvalue weighted by Gasteiger charge is -2.30. The van der Waals surface area contributed by atoms with Crippen LogP contribution in [0, 0.1) is 0 Å². The van der Waals surface area contributed by atoms with Crippen LogP contribution in [-0.4, -0.2) is 38.2 Å². The highest BCUT2D eigenvalue weighted by Crippen LogP contribution is 2.33. The number of aliphatic hydroxyl groups excluding tert-OH is 1. The van der Waals surface area contributed by atoms with Crippen LogP contribution >= 0.6 is 11.6 Å². The highest BCUT2D eigenvalue weighted by molar-refractivity contribution is 6.30. The molecule has 0 saturated heterocycles. The Balaban J connectivity index is 1.79. The Hall–Kier alpha value is -1.84. The van der Waals surface area contributed by atoms with Crippen molar-refractivity contribution in [3.8, 4) is 5.75 Å². The SMILES string of the molecule is N[C@@H]1CC[C@H](c2nc(COc3cccc(Cl)c3)nn2CC(F)(F)F)C[C@H]1O. The van der Waals surface area contributed by atoms with Crippen molar-refractivity contribution in [2.45, 2.75) is 56.7 Å². The number of ether oxygens (including phenoxy) is 1. The maximum Gasteiger partial charge on any atom is 0.408 e. The molecular weight excluding hydrogens is 385 g/mol. The zero-order chi connectivity index (χ0) is 19.6. The molecule has 10 heteroatoms. The van der Waals surface area contributed by atoms with E-state index in [1.165, 1.54) is 0 Å². The molecule has 1 fully saturated rings. The van der Waals surface area contributed by atoms with E-state index in [1.54, 1.807) is 24.3 Å². The summed E-state index contributed by atoms with van der Waals surface area (Å²) < 4.78 is 45.2. The summed E-state index contributed by atoms with van der Waals surface area (Å²) in [5.41, 5.74) is 5.78. The van der Waals surface area contributed by atoms with Crippen molar-refractivity contribution in [3.63, 3.8) is 0 Å². The topological polar surface area (TPSA) is 86.2 Å². The highest BCUT2D eigenvalue weighted by atomic mass is 35.5. The van der Waals surface area contributed by atoms with Gasteiger partial charge in [-0.2, -0.15) is 18.3 Å².